The molecule has 0 N–H and O–H groups in total. The van der Waals surface area contributed by atoms with Gasteiger partial charge in [-0.1, -0.05) is 84.9 Å². The van der Waals surface area contributed by atoms with Gasteiger partial charge in [-0.15, -0.1) is 0 Å². The van der Waals surface area contributed by atoms with Crippen LogP contribution in [0.3, 0.4) is 0 Å². The number of hydrogen-bond donors (Lipinski definition) is 0. The quantitative estimate of drug-likeness (QED) is 0.565. The first-order chi connectivity index (χ1) is 15.6. The average molecular weight is 419 g/mol. The van der Waals surface area contributed by atoms with E-state index < -0.39 is 23.4 Å². The summed E-state index contributed by atoms with van der Waals surface area (Å²) in [5, 5.41) is 0. The Morgan fingerprint density at radius 3 is 2.06 bits per heavy atom. The Kier molecular flexibility index (Phi) is 3.91. The van der Waals surface area contributed by atoms with Crippen molar-refractivity contribution >= 4 is 29.1 Å². The topological polar surface area (TPSA) is 54.5 Å². The molecule has 156 valence electrons. The molecular formula is C28H21NO3. The number of carbonyl (C=O) groups is 3. The molecule has 0 amide bonds. The van der Waals surface area contributed by atoms with Gasteiger partial charge in [0.1, 0.15) is 5.41 Å². The minimum atomic E-state index is -1.38. The van der Waals surface area contributed by atoms with E-state index in [1.54, 1.807) is 31.2 Å². The summed E-state index contributed by atoms with van der Waals surface area (Å²) in [5.74, 6) is -1.01. The van der Waals surface area contributed by atoms with Gasteiger partial charge in [-0.2, -0.15) is 0 Å². The van der Waals surface area contributed by atoms with Crippen LogP contribution >= 0.6 is 0 Å². The summed E-state index contributed by atoms with van der Waals surface area (Å²) in [4.78, 5) is 43.6. The normalized spacial score (nSPS) is 24.4. The van der Waals surface area contributed by atoms with Crippen molar-refractivity contribution in [2.45, 2.75) is 24.9 Å². The minimum Gasteiger partial charge on any atom is -0.352 e. The van der Waals surface area contributed by atoms with Gasteiger partial charge >= 0.3 is 0 Å². The highest BCUT2D eigenvalue weighted by molar-refractivity contribution is 6.32. The molecule has 1 fully saturated rings. The number of anilines is 1. The zero-order valence-electron chi connectivity index (χ0n) is 17.6. The van der Waals surface area contributed by atoms with E-state index in [0.717, 1.165) is 16.8 Å². The molecule has 4 heteroatoms. The molecule has 2 heterocycles. The van der Waals surface area contributed by atoms with Gasteiger partial charge in [0.15, 0.2) is 17.3 Å². The standard InChI is InChI=1S/C28H21NO3/c1-17(30)25-24(19-10-3-2-4-11-19)28(26(31)20-12-6-7-13-21(20)27(28)32)23-16-15-18-9-5-8-14-22(18)29(23)25/h2-16,23-25H,1H3. The fraction of sp³-hybridized carbons (Fsp3) is 0.179. The third-order valence-corrected chi connectivity index (χ3v) is 7.29. The average Bonchev–Trinajstić information content (AvgIpc) is 3.27. The zero-order valence-corrected chi connectivity index (χ0v) is 17.6. The second kappa shape index (κ2) is 6.60. The highest BCUT2D eigenvalue weighted by Crippen LogP contribution is 2.60. The zero-order chi connectivity index (χ0) is 22.0. The molecule has 3 aliphatic rings. The van der Waals surface area contributed by atoms with Crippen LogP contribution in [-0.4, -0.2) is 29.4 Å². The molecule has 1 aliphatic carbocycles. The van der Waals surface area contributed by atoms with Crippen molar-refractivity contribution in [1.29, 1.82) is 0 Å². The largest absolute Gasteiger partial charge is 0.352 e. The van der Waals surface area contributed by atoms with Crippen molar-refractivity contribution < 1.29 is 14.4 Å². The summed E-state index contributed by atoms with van der Waals surface area (Å²) in [6.45, 7) is 1.56. The van der Waals surface area contributed by atoms with Crippen LogP contribution in [-0.2, 0) is 4.79 Å². The first-order valence-corrected chi connectivity index (χ1v) is 10.9. The van der Waals surface area contributed by atoms with Crippen LogP contribution in [0.2, 0.25) is 0 Å². The van der Waals surface area contributed by atoms with Crippen LogP contribution in [0.25, 0.3) is 6.08 Å². The molecule has 0 radical (unpaired) electrons. The highest BCUT2D eigenvalue weighted by Gasteiger charge is 2.71. The van der Waals surface area contributed by atoms with E-state index in [2.05, 4.69) is 0 Å². The Bertz CT molecular complexity index is 1290. The second-order valence-corrected chi connectivity index (χ2v) is 8.79. The van der Waals surface area contributed by atoms with E-state index >= 15 is 0 Å². The van der Waals surface area contributed by atoms with Crippen LogP contribution in [0.5, 0.6) is 0 Å². The van der Waals surface area contributed by atoms with E-state index in [1.165, 1.54) is 0 Å². The Morgan fingerprint density at radius 1 is 0.812 bits per heavy atom. The first-order valence-electron chi connectivity index (χ1n) is 10.9. The fourth-order valence-electron chi connectivity index (χ4n) is 6.10. The number of ketones is 3. The lowest BCUT2D eigenvalue weighted by Crippen LogP contribution is -2.48. The number of Topliss-reactive ketones (excluding diaryl/α,β-unsaturated/α-hetero) is 3. The molecule has 6 rings (SSSR count). The van der Waals surface area contributed by atoms with Crippen molar-refractivity contribution in [3.8, 4) is 0 Å². The maximum absolute atomic E-state index is 14.2. The molecule has 0 aromatic heterocycles. The van der Waals surface area contributed by atoms with E-state index in [0.29, 0.717) is 11.1 Å². The number of rotatable bonds is 2. The molecule has 3 atom stereocenters. The molecule has 0 bridgehead atoms. The lowest BCUT2D eigenvalue weighted by molar-refractivity contribution is -0.118. The van der Waals surface area contributed by atoms with Crippen LogP contribution < -0.4 is 4.90 Å². The maximum Gasteiger partial charge on any atom is 0.180 e. The van der Waals surface area contributed by atoms with Crippen molar-refractivity contribution in [3.05, 3.63) is 107 Å². The highest BCUT2D eigenvalue weighted by atomic mass is 16.2. The van der Waals surface area contributed by atoms with Crippen molar-refractivity contribution in [2.24, 2.45) is 5.41 Å². The molecule has 0 saturated carbocycles. The van der Waals surface area contributed by atoms with Gasteiger partial charge in [0.05, 0.1) is 12.1 Å². The number of benzene rings is 3. The Labute approximate surface area is 186 Å². The van der Waals surface area contributed by atoms with Crippen LogP contribution in [0.1, 0.15) is 44.7 Å². The van der Waals surface area contributed by atoms with E-state index in [9.17, 15) is 14.4 Å². The maximum atomic E-state index is 14.2. The summed E-state index contributed by atoms with van der Waals surface area (Å²) in [6, 6.07) is 23.3. The minimum absolute atomic E-state index is 0.0533. The molecular weight excluding hydrogens is 398 g/mol. The summed E-state index contributed by atoms with van der Waals surface area (Å²) in [5.41, 5.74) is 2.22. The fourth-order valence-corrected chi connectivity index (χ4v) is 6.10. The van der Waals surface area contributed by atoms with Crippen molar-refractivity contribution in [2.75, 3.05) is 4.90 Å². The lowest BCUT2D eigenvalue weighted by atomic mass is 9.64. The predicted octanol–water partition coefficient (Wildman–Crippen LogP) is 4.71. The Balaban J connectivity index is 1.69. The second-order valence-electron chi connectivity index (χ2n) is 8.79. The smallest absolute Gasteiger partial charge is 0.180 e. The van der Waals surface area contributed by atoms with Crippen LogP contribution in [0.4, 0.5) is 5.69 Å². The monoisotopic (exact) mass is 419 g/mol. The van der Waals surface area contributed by atoms with Gasteiger partial charge in [-0.3, -0.25) is 14.4 Å². The third kappa shape index (κ3) is 2.19. The molecule has 3 unspecified atom stereocenters. The summed E-state index contributed by atoms with van der Waals surface area (Å²) < 4.78 is 0. The molecule has 3 aromatic carbocycles. The summed E-state index contributed by atoms with van der Waals surface area (Å²) >= 11 is 0. The summed E-state index contributed by atoms with van der Waals surface area (Å²) in [6.07, 6.45) is 3.93. The number of para-hydroxylation sites is 1. The van der Waals surface area contributed by atoms with Gasteiger partial charge in [0.25, 0.3) is 0 Å². The van der Waals surface area contributed by atoms with Crippen LogP contribution in [0, 0.1) is 5.41 Å². The number of carbonyl (C=O) groups excluding carboxylic acids is 3. The van der Waals surface area contributed by atoms with Gasteiger partial charge in [0, 0.05) is 22.7 Å². The van der Waals surface area contributed by atoms with E-state index in [1.807, 2.05) is 71.6 Å². The molecule has 3 aromatic rings. The number of nitrogens with zero attached hydrogens (tertiary/aromatic N) is 1. The first kappa shape index (κ1) is 18.9. The Morgan fingerprint density at radius 2 is 1.41 bits per heavy atom. The third-order valence-electron chi connectivity index (χ3n) is 7.29. The lowest BCUT2D eigenvalue weighted by Gasteiger charge is -2.37. The number of fused-ring (bicyclic) bond motifs is 5. The molecule has 1 saturated heterocycles. The van der Waals surface area contributed by atoms with E-state index in [-0.39, 0.29) is 17.3 Å². The number of hydrogen-bond acceptors (Lipinski definition) is 4. The summed E-state index contributed by atoms with van der Waals surface area (Å²) in [7, 11) is 0. The van der Waals surface area contributed by atoms with E-state index in [4.69, 9.17) is 0 Å². The molecule has 1 spiro atoms. The van der Waals surface area contributed by atoms with Crippen molar-refractivity contribution in [1.82, 2.24) is 0 Å². The Hall–Kier alpha value is -3.79. The molecule has 32 heavy (non-hydrogen) atoms. The SMILES string of the molecule is CC(=O)C1C(c2ccccc2)C2(C(=O)c3ccccc3C2=O)C2C=Cc3ccccc3N12. The molecule has 2 aliphatic heterocycles. The molecule has 4 nitrogen and oxygen atoms in total. The van der Waals surface area contributed by atoms with Crippen LogP contribution in [0.15, 0.2) is 84.9 Å². The predicted molar refractivity (Wildman–Crippen MR) is 123 cm³/mol. The van der Waals surface area contributed by atoms with Gasteiger partial charge in [-0.25, -0.2) is 0 Å². The van der Waals surface area contributed by atoms with Crippen molar-refractivity contribution in [3.63, 3.8) is 0 Å². The van der Waals surface area contributed by atoms with Gasteiger partial charge in [0.2, 0.25) is 0 Å². The van der Waals surface area contributed by atoms with Gasteiger partial charge < -0.3 is 4.90 Å². The van der Waals surface area contributed by atoms with Gasteiger partial charge in [-0.05, 0) is 24.1 Å².